The summed E-state index contributed by atoms with van der Waals surface area (Å²) in [4.78, 5) is 25.0. The molecule has 1 aromatic carbocycles. The number of aromatic hydroxyl groups is 1. The van der Waals surface area contributed by atoms with Crippen molar-refractivity contribution in [3.63, 3.8) is 0 Å². The van der Waals surface area contributed by atoms with E-state index in [1.54, 1.807) is 18.2 Å². The first kappa shape index (κ1) is 18.5. The second-order valence-electron chi connectivity index (χ2n) is 7.36. The van der Waals surface area contributed by atoms with Crippen LogP contribution in [0.4, 0.5) is 0 Å². The molecular weight excluding hydrogens is 330 g/mol. The smallest absolute Gasteiger partial charge is 0.247 e. The van der Waals surface area contributed by atoms with Crippen LogP contribution in [-0.4, -0.2) is 35.5 Å². The van der Waals surface area contributed by atoms with Gasteiger partial charge < -0.3 is 21.1 Å². The van der Waals surface area contributed by atoms with Gasteiger partial charge in [-0.05, 0) is 51.4 Å². The van der Waals surface area contributed by atoms with E-state index in [2.05, 4.69) is 22.9 Å². The highest BCUT2D eigenvalue weighted by Gasteiger charge is 2.39. The second kappa shape index (κ2) is 7.50. The second-order valence-corrected chi connectivity index (χ2v) is 7.36. The molecule has 1 aromatic rings. The molecule has 140 valence electrons. The molecule has 0 aromatic heterocycles. The predicted molar refractivity (Wildman–Crippen MR) is 99.5 cm³/mol. The molecule has 26 heavy (non-hydrogen) atoms. The summed E-state index contributed by atoms with van der Waals surface area (Å²) in [6.07, 6.45) is 0.975. The maximum Gasteiger partial charge on any atom is 0.247 e. The molecule has 6 heteroatoms. The third-order valence-corrected chi connectivity index (χ3v) is 5.55. The standard InChI is InChI=1S/C20H27N3O3/c1-11-16(20(26)23-17-7-8-21-13(3)19(11)17)10-18(25)22-12(2)14-5-4-6-15(24)9-14/h4-6,9,12-13,17,19,21,24H,7-8,10H2,1-3H3,(H,22,25)(H,23,26)/t12-,13?,17?,19?/m1/s1. The lowest BCUT2D eigenvalue weighted by molar-refractivity contribution is -0.124. The van der Waals surface area contributed by atoms with Gasteiger partial charge in [0.2, 0.25) is 11.8 Å². The van der Waals surface area contributed by atoms with Gasteiger partial charge in [0, 0.05) is 23.6 Å². The SMILES string of the molecule is CC1=C(CC(=O)N[C@H](C)c2cccc(O)c2)C(=O)NC2CCNC(C)C12. The fraction of sp³-hybridized carbons (Fsp3) is 0.500. The Morgan fingerprint density at radius 1 is 1.42 bits per heavy atom. The van der Waals surface area contributed by atoms with Gasteiger partial charge in [-0.1, -0.05) is 17.7 Å². The number of phenols is 1. The number of hydrogen-bond donors (Lipinski definition) is 4. The van der Waals surface area contributed by atoms with E-state index in [0.29, 0.717) is 5.57 Å². The zero-order valence-electron chi connectivity index (χ0n) is 15.5. The molecule has 1 saturated heterocycles. The summed E-state index contributed by atoms with van der Waals surface area (Å²) in [7, 11) is 0. The molecule has 2 aliphatic rings. The molecule has 0 bridgehead atoms. The van der Waals surface area contributed by atoms with Crippen molar-refractivity contribution in [1.29, 1.82) is 0 Å². The van der Waals surface area contributed by atoms with Crippen molar-refractivity contribution in [2.45, 2.75) is 51.7 Å². The Bertz CT molecular complexity index is 744. The van der Waals surface area contributed by atoms with Crippen LogP contribution in [0.1, 0.15) is 45.2 Å². The van der Waals surface area contributed by atoms with Crippen LogP contribution in [0, 0.1) is 5.92 Å². The number of fused-ring (bicyclic) bond motifs is 1. The molecule has 2 aliphatic heterocycles. The van der Waals surface area contributed by atoms with E-state index in [4.69, 9.17) is 0 Å². The first-order chi connectivity index (χ1) is 12.4. The van der Waals surface area contributed by atoms with Gasteiger partial charge in [0.05, 0.1) is 12.5 Å². The summed E-state index contributed by atoms with van der Waals surface area (Å²) in [6, 6.07) is 6.99. The van der Waals surface area contributed by atoms with Crippen molar-refractivity contribution in [1.82, 2.24) is 16.0 Å². The topological polar surface area (TPSA) is 90.5 Å². The zero-order chi connectivity index (χ0) is 18.8. The Morgan fingerprint density at radius 2 is 2.19 bits per heavy atom. The summed E-state index contributed by atoms with van der Waals surface area (Å²) >= 11 is 0. The van der Waals surface area contributed by atoms with E-state index >= 15 is 0 Å². The lowest BCUT2D eigenvalue weighted by atomic mass is 9.76. The normalized spacial score (nSPS) is 26.7. The van der Waals surface area contributed by atoms with Crippen LogP contribution < -0.4 is 16.0 Å². The fourth-order valence-electron chi connectivity index (χ4n) is 4.15. The van der Waals surface area contributed by atoms with Gasteiger partial charge in [-0.2, -0.15) is 0 Å². The van der Waals surface area contributed by atoms with Crippen molar-refractivity contribution < 1.29 is 14.7 Å². The summed E-state index contributed by atoms with van der Waals surface area (Å²) in [6.45, 7) is 6.85. The Kier molecular flexibility index (Phi) is 5.32. The fourth-order valence-corrected chi connectivity index (χ4v) is 4.15. The van der Waals surface area contributed by atoms with E-state index in [1.165, 1.54) is 0 Å². The summed E-state index contributed by atoms with van der Waals surface area (Å²) in [5, 5.41) is 19.0. The molecule has 0 saturated carbocycles. The number of nitrogens with one attached hydrogen (secondary N) is 3. The molecule has 0 spiro atoms. The molecule has 3 unspecified atom stereocenters. The van der Waals surface area contributed by atoms with Crippen molar-refractivity contribution in [2.24, 2.45) is 5.92 Å². The minimum Gasteiger partial charge on any atom is -0.508 e. The number of amides is 2. The highest BCUT2D eigenvalue weighted by molar-refractivity contribution is 6.00. The van der Waals surface area contributed by atoms with Crippen LogP contribution in [0.15, 0.2) is 35.4 Å². The Labute approximate surface area is 154 Å². The number of carbonyl (C=O) groups excluding carboxylic acids is 2. The summed E-state index contributed by atoms with van der Waals surface area (Å²) < 4.78 is 0. The molecule has 6 nitrogen and oxygen atoms in total. The number of phenolic OH excluding ortho intramolecular Hbond substituents is 1. The van der Waals surface area contributed by atoms with E-state index < -0.39 is 0 Å². The molecule has 3 rings (SSSR count). The minimum atomic E-state index is -0.245. The van der Waals surface area contributed by atoms with E-state index in [9.17, 15) is 14.7 Å². The van der Waals surface area contributed by atoms with Gasteiger partial charge in [0.15, 0.2) is 0 Å². The third-order valence-electron chi connectivity index (χ3n) is 5.55. The monoisotopic (exact) mass is 357 g/mol. The maximum absolute atomic E-state index is 12.5. The highest BCUT2D eigenvalue weighted by Crippen LogP contribution is 2.32. The molecule has 4 N–H and O–H groups in total. The average Bonchev–Trinajstić information content (AvgIpc) is 2.58. The molecule has 1 fully saturated rings. The third kappa shape index (κ3) is 3.75. The van der Waals surface area contributed by atoms with Gasteiger partial charge in [0.1, 0.15) is 5.75 Å². The quantitative estimate of drug-likeness (QED) is 0.661. The zero-order valence-corrected chi connectivity index (χ0v) is 15.5. The number of benzene rings is 1. The lowest BCUT2D eigenvalue weighted by Gasteiger charge is -2.42. The summed E-state index contributed by atoms with van der Waals surface area (Å²) in [5.41, 5.74) is 2.41. The highest BCUT2D eigenvalue weighted by atomic mass is 16.3. The number of hydrogen-bond acceptors (Lipinski definition) is 4. The number of piperidine rings is 1. The van der Waals surface area contributed by atoms with E-state index in [-0.39, 0.29) is 48.0 Å². The average molecular weight is 357 g/mol. The van der Waals surface area contributed by atoms with E-state index in [1.807, 2.05) is 19.9 Å². The largest absolute Gasteiger partial charge is 0.508 e. The van der Waals surface area contributed by atoms with Gasteiger partial charge in [0.25, 0.3) is 0 Å². The van der Waals surface area contributed by atoms with Crippen LogP contribution in [0.25, 0.3) is 0 Å². The van der Waals surface area contributed by atoms with E-state index in [0.717, 1.165) is 24.1 Å². The lowest BCUT2D eigenvalue weighted by Crippen LogP contribution is -2.57. The molecule has 2 amide bonds. The maximum atomic E-state index is 12.5. The Balaban J connectivity index is 1.71. The van der Waals surface area contributed by atoms with Crippen LogP contribution in [0.3, 0.4) is 0 Å². The van der Waals surface area contributed by atoms with Crippen LogP contribution in [-0.2, 0) is 9.59 Å². The molecular formula is C20H27N3O3. The minimum absolute atomic E-state index is 0.0662. The van der Waals surface area contributed by atoms with Gasteiger partial charge >= 0.3 is 0 Å². The number of carbonyl (C=O) groups is 2. The number of rotatable bonds is 4. The van der Waals surface area contributed by atoms with Crippen molar-refractivity contribution in [3.8, 4) is 5.75 Å². The van der Waals surface area contributed by atoms with Crippen LogP contribution in [0.5, 0.6) is 5.75 Å². The molecule has 2 heterocycles. The Morgan fingerprint density at radius 3 is 2.92 bits per heavy atom. The van der Waals surface area contributed by atoms with Gasteiger partial charge in [-0.3, -0.25) is 9.59 Å². The van der Waals surface area contributed by atoms with Crippen molar-refractivity contribution in [3.05, 3.63) is 41.0 Å². The van der Waals surface area contributed by atoms with Crippen LogP contribution in [0.2, 0.25) is 0 Å². The first-order valence-electron chi connectivity index (χ1n) is 9.19. The van der Waals surface area contributed by atoms with Crippen molar-refractivity contribution >= 4 is 11.8 Å². The molecule has 4 atom stereocenters. The Hall–Kier alpha value is -2.34. The van der Waals surface area contributed by atoms with Gasteiger partial charge in [-0.15, -0.1) is 0 Å². The molecule has 0 radical (unpaired) electrons. The summed E-state index contributed by atoms with van der Waals surface area (Å²) in [5.74, 6) is 0.0737. The predicted octanol–water partition coefficient (Wildman–Crippen LogP) is 1.77. The van der Waals surface area contributed by atoms with Crippen LogP contribution >= 0.6 is 0 Å². The molecule has 0 aliphatic carbocycles. The van der Waals surface area contributed by atoms with Gasteiger partial charge in [-0.25, -0.2) is 0 Å². The first-order valence-corrected chi connectivity index (χ1v) is 9.19. The van der Waals surface area contributed by atoms with Crippen molar-refractivity contribution in [2.75, 3.05) is 6.54 Å².